The summed E-state index contributed by atoms with van der Waals surface area (Å²) in [5.41, 5.74) is 0. The first-order valence-corrected chi connectivity index (χ1v) is 7.12. The molecule has 3 nitrogen and oxygen atoms in total. The molecule has 0 atom stereocenters. The average Bonchev–Trinajstić information content (AvgIpc) is 2.52. The first-order chi connectivity index (χ1) is 9.36. The van der Waals surface area contributed by atoms with Crippen LogP contribution in [0.2, 0.25) is 0 Å². The summed E-state index contributed by atoms with van der Waals surface area (Å²) in [7, 11) is 3.37. The van der Waals surface area contributed by atoms with Crippen molar-refractivity contribution in [2.75, 3.05) is 27.4 Å². The van der Waals surface area contributed by atoms with Crippen LogP contribution in [0, 0.1) is 0 Å². The van der Waals surface area contributed by atoms with Crippen molar-refractivity contribution in [1.29, 1.82) is 0 Å². The van der Waals surface area contributed by atoms with Gasteiger partial charge in [-0.3, -0.25) is 0 Å². The van der Waals surface area contributed by atoms with Gasteiger partial charge in [-0.25, -0.2) is 0 Å². The molecule has 112 valence electrons. The molecule has 0 aromatic heterocycles. The van der Waals surface area contributed by atoms with Gasteiger partial charge in [0.05, 0.1) is 13.7 Å². The zero-order chi connectivity index (χ0) is 14.9. The van der Waals surface area contributed by atoms with E-state index in [1.54, 1.807) is 14.2 Å². The molecule has 0 amide bonds. The van der Waals surface area contributed by atoms with Gasteiger partial charge >= 0.3 is 0 Å². The topological polar surface area (TPSA) is 27.7 Å². The third-order valence-electron chi connectivity index (χ3n) is 2.07. The zero-order valence-electron chi connectivity index (χ0n) is 13.4. The Morgan fingerprint density at radius 1 is 0.737 bits per heavy atom. The van der Waals surface area contributed by atoms with Gasteiger partial charge in [0, 0.05) is 13.7 Å². The fraction of sp³-hybridized carbons (Fsp3) is 0.625. The smallest absolute Gasteiger partial charge is 0.119 e. The molecular formula is C16H30O3. The van der Waals surface area contributed by atoms with Crippen molar-refractivity contribution in [2.45, 2.75) is 40.5 Å². The highest BCUT2D eigenvalue weighted by molar-refractivity contribution is 5.30. The van der Waals surface area contributed by atoms with Gasteiger partial charge in [-0.2, -0.15) is 0 Å². The van der Waals surface area contributed by atoms with Crippen molar-refractivity contribution in [3.05, 3.63) is 24.3 Å². The van der Waals surface area contributed by atoms with Crippen molar-refractivity contribution in [3.63, 3.8) is 0 Å². The SMILES string of the molecule is CC.CC.COCCCCOc1ccc(OC)cc1. The fourth-order valence-corrected chi connectivity index (χ4v) is 1.21. The Labute approximate surface area is 118 Å². The molecule has 0 N–H and O–H groups in total. The minimum Gasteiger partial charge on any atom is -0.497 e. The molecule has 3 heteroatoms. The molecule has 0 heterocycles. The van der Waals surface area contributed by atoms with E-state index < -0.39 is 0 Å². The number of hydrogen-bond acceptors (Lipinski definition) is 3. The van der Waals surface area contributed by atoms with Crippen molar-refractivity contribution >= 4 is 0 Å². The molecule has 0 aliphatic carbocycles. The van der Waals surface area contributed by atoms with Crippen LogP contribution >= 0.6 is 0 Å². The molecule has 0 saturated carbocycles. The van der Waals surface area contributed by atoms with Crippen LogP contribution in [0.1, 0.15) is 40.5 Å². The lowest BCUT2D eigenvalue weighted by molar-refractivity contribution is 0.184. The second-order valence-electron chi connectivity index (χ2n) is 3.22. The van der Waals surface area contributed by atoms with Crippen LogP contribution in [0.15, 0.2) is 24.3 Å². The highest BCUT2D eigenvalue weighted by Crippen LogP contribution is 2.17. The number of ether oxygens (including phenoxy) is 3. The maximum Gasteiger partial charge on any atom is 0.119 e. The van der Waals surface area contributed by atoms with E-state index >= 15 is 0 Å². The lowest BCUT2D eigenvalue weighted by Crippen LogP contribution is -1.99. The number of methoxy groups -OCH3 is 2. The van der Waals surface area contributed by atoms with E-state index in [-0.39, 0.29) is 0 Å². The van der Waals surface area contributed by atoms with Gasteiger partial charge < -0.3 is 14.2 Å². The molecule has 1 aromatic carbocycles. The lowest BCUT2D eigenvalue weighted by atomic mass is 10.3. The third-order valence-corrected chi connectivity index (χ3v) is 2.07. The molecule has 0 aliphatic rings. The molecule has 0 spiro atoms. The number of unbranched alkanes of at least 4 members (excludes halogenated alkanes) is 1. The van der Waals surface area contributed by atoms with E-state index in [2.05, 4.69) is 0 Å². The van der Waals surface area contributed by atoms with Gasteiger partial charge in [0.2, 0.25) is 0 Å². The quantitative estimate of drug-likeness (QED) is 0.680. The Morgan fingerprint density at radius 2 is 1.21 bits per heavy atom. The van der Waals surface area contributed by atoms with Crippen LogP contribution in [0.25, 0.3) is 0 Å². The molecule has 0 radical (unpaired) electrons. The van der Waals surface area contributed by atoms with Gasteiger partial charge in [0.25, 0.3) is 0 Å². The van der Waals surface area contributed by atoms with Crippen LogP contribution in [0.3, 0.4) is 0 Å². The van der Waals surface area contributed by atoms with E-state index in [0.717, 1.165) is 37.6 Å². The minimum absolute atomic E-state index is 0.732. The van der Waals surface area contributed by atoms with Crippen molar-refractivity contribution in [2.24, 2.45) is 0 Å². The van der Waals surface area contributed by atoms with Crippen molar-refractivity contribution in [3.8, 4) is 11.5 Å². The highest BCUT2D eigenvalue weighted by atomic mass is 16.5. The zero-order valence-corrected chi connectivity index (χ0v) is 13.4. The summed E-state index contributed by atoms with van der Waals surface area (Å²) in [5.74, 6) is 1.73. The second kappa shape index (κ2) is 16.8. The summed E-state index contributed by atoms with van der Waals surface area (Å²) in [6, 6.07) is 7.61. The lowest BCUT2D eigenvalue weighted by Gasteiger charge is -2.06. The van der Waals surface area contributed by atoms with Crippen LogP contribution in [0.5, 0.6) is 11.5 Å². The van der Waals surface area contributed by atoms with Crippen LogP contribution < -0.4 is 9.47 Å². The van der Waals surface area contributed by atoms with Crippen LogP contribution in [-0.2, 0) is 4.74 Å². The molecule has 0 saturated heterocycles. The molecule has 1 rings (SSSR count). The highest BCUT2D eigenvalue weighted by Gasteiger charge is 1.94. The Hall–Kier alpha value is -1.22. The molecule has 0 aliphatic heterocycles. The van der Waals surface area contributed by atoms with Crippen molar-refractivity contribution < 1.29 is 14.2 Å². The summed E-state index contributed by atoms with van der Waals surface area (Å²) in [4.78, 5) is 0. The number of rotatable bonds is 7. The predicted octanol–water partition coefficient (Wildman–Crippen LogP) is 4.55. The van der Waals surface area contributed by atoms with Crippen LogP contribution in [-0.4, -0.2) is 27.4 Å². The fourth-order valence-electron chi connectivity index (χ4n) is 1.21. The van der Waals surface area contributed by atoms with Gasteiger partial charge in [-0.05, 0) is 37.1 Å². The number of benzene rings is 1. The normalized spacial score (nSPS) is 8.53. The molecule has 19 heavy (non-hydrogen) atoms. The molecule has 0 unspecified atom stereocenters. The molecule has 0 fully saturated rings. The number of hydrogen-bond donors (Lipinski definition) is 0. The van der Waals surface area contributed by atoms with E-state index in [1.807, 2.05) is 52.0 Å². The van der Waals surface area contributed by atoms with Crippen molar-refractivity contribution in [1.82, 2.24) is 0 Å². The largest absolute Gasteiger partial charge is 0.497 e. The summed E-state index contributed by atoms with van der Waals surface area (Å²) in [6.45, 7) is 9.53. The Kier molecular flexibility index (Phi) is 17.8. The third kappa shape index (κ3) is 11.6. The Morgan fingerprint density at radius 3 is 1.68 bits per heavy atom. The van der Waals surface area contributed by atoms with Gasteiger partial charge in [-0.15, -0.1) is 0 Å². The summed E-state index contributed by atoms with van der Waals surface area (Å²) in [6.07, 6.45) is 2.05. The molecular weight excluding hydrogens is 240 g/mol. The van der Waals surface area contributed by atoms with Crippen LogP contribution in [0.4, 0.5) is 0 Å². The maximum atomic E-state index is 5.54. The first-order valence-electron chi connectivity index (χ1n) is 7.12. The molecule has 1 aromatic rings. The molecule has 0 bridgehead atoms. The minimum atomic E-state index is 0.732. The predicted molar refractivity (Wildman–Crippen MR) is 82.3 cm³/mol. The van der Waals surface area contributed by atoms with Gasteiger partial charge in [0.1, 0.15) is 11.5 Å². The van der Waals surface area contributed by atoms with E-state index in [4.69, 9.17) is 14.2 Å². The van der Waals surface area contributed by atoms with Gasteiger partial charge in [-0.1, -0.05) is 27.7 Å². The average molecular weight is 270 g/mol. The van der Waals surface area contributed by atoms with Gasteiger partial charge in [0.15, 0.2) is 0 Å². The summed E-state index contributed by atoms with van der Waals surface area (Å²) < 4.78 is 15.5. The Bertz CT molecular complexity index is 257. The summed E-state index contributed by atoms with van der Waals surface area (Å²) in [5, 5.41) is 0. The summed E-state index contributed by atoms with van der Waals surface area (Å²) >= 11 is 0. The van der Waals surface area contributed by atoms with E-state index in [0.29, 0.717) is 0 Å². The maximum absolute atomic E-state index is 5.54. The second-order valence-corrected chi connectivity index (χ2v) is 3.22. The Balaban J connectivity index is 0. The van der Waals surface area contributed by atoms with E-state index in [1.165, 1.54) is 0 Å². The standard InChI is InChI=1S/C12H18O3.2C2H6/c1-13-9-3-4-10-15-12-7-5-11(14-2)6-8-12;2*1-2/h5-8H,3-4,9-10H2,1-2H3;2*1-2H3. The first kappa shape index (κ1) is 20.1. The van der Waals surface area contributed by atoms with E-state index in [9.17, 15) is 0 Å². The monoisotopic (exact) mass is 270 g/mol.